The number of carbonyl (C=O) groups is 1. The van der Waals surface area contributed by atoms with E-state index in [1.807, 2.05) is 6.07 Å². The van der Waals surface area contributed by atoms with E-state index in [4.69, 9.17) is 9.47 Å². The summed E-state index contributed by atoms with van der Waals surface area (Å²) in [5.74, 6) is 4.07. The molecular formula is C22H32N2O3. The van der Waals surface area contributed by atoms with Crippen LogP contribution in [0.5, 0.6) is 11.5 Å². The first kappa shape index (κ1) is 18.6. The molecule has 1 aromatic rings. The summed E-state index contributed by atoms with van der Waals surface area (Å²) in [6, 6.07) is 5.80. The lowest BCUT2D eigenvalue weighted by atomic mass is 9.48. The maximum atomic E-state index is 12.5. The van der Waals surface area contributed by atoms with Crippen LogP contribution in [-0.2, 0) is 4.79 Å². The van der Waals surface area contributed by atoms with E-state index >= 15 is 0 Å². The second-order valence-corrected chi connectivity index (χ2v) is 9.00. The van der Waals surface area contributed by atoms with E-state index in [0.29, 0.717) is 35.2 Å². The third kappa shape index (κ3) is 3.66. The first-order chi connectivity index (χ1) is 13.0. The van der Waals surface area contributed by atoms with Gasteiger partial charge in [0.05, 0.1) is 26.5 Å². The summed E-state index contributed by atoms with van der Waals surface area (Å²) in [6.07, 6.45) is 8.38. The maximum absolute atomic E-state index is 12.5. The Morgan fingerprint density at radius 2 is 1.74 bits per heavy atom. The summed E-state index contributed by atoms with van der Waals surface area (Å²) in [6.45, 7) is 2.61. The zero-order chi connectivity index (χ0) is 19.0. The number of hydrogen-bond acceptors (Lipinski definition) is 4. The van der Waals surface area contributed by atoms with Gasteiger partial charge in [-0.25, -0.2) is 0 Å². The number of nitrogens with one attached hydrogen (secondary N) is 2. The molecule has 27 heavy (non-hydrogen) atoms. The Balaban J connectivity index is 1.36. The summed E-state index contributed by atoms with van der Waals surface area (Å²) >= 11 is 0. The predicted molar refractivity (Wildman–Crippen MR) is 106 cm³/mol. The van der Waals surface area contributed by atoms with Crippen LogP contribution in [0.15, 0.2) is 18.2 Å². The van der Waals surface area contributed by atoms with Crippen LogP contribution in [-0.4, -0.2) is 32.7 Å². The smallest absolute Gasteiger partial charge is 0.238 e. The topological polar surface area (TPSA) is 59.6 Å². The zero-order valence-corrected chi connectivity index (χ0v) is 16.7. The molecule has 5 rings (SSSR count). The van der Waals surface area contributed by atoms with Crippen LogP contribution in [0.4, 0.5) is 5.69 Å². The van der Waals surface area contributed by atoms with Crippen molar-refractivity contribution in [3.05, 3.63) is 18.2 Å². The monoisotopic (exact) mass is 372 g/mol. The fraction of sp³-hybridized carbons (Fsp3) is 0.682. The van der Waals surface area contributed by atoms with Crippen LogP contribution in [0.1, 0.15) is 45.4 Å². The van der Waals surface area contributed by atoms with E-state index in [2.05, 4.69) is 17.6 Å². The normalized spacial score (nSPS) is 32.2. The average Bonchev–Trinajstić information content (AvgIpc) is 2.65. The van der Waals surface area contributed by atoms with Crippen molar-refractivity contribution in [2.45, 2.75) is 51.5 Å². The van der Waals surface area contributed by atoms with E-state index in [9.17, 15) is 4.79 Å². The summed E-state index contributed by atoms with van der Waals surface area (Å²) in [5.41, 5.74) is 1.05. The Hall–Kier alpha value is -1.75. The number of amides is 1. The van der Waals surface area contributed by atoms with Gasteiger partial charge in [0.15, 0.2) is 0 Å². The quantitative estimate of drug-likeness (QED) is 0.763. The van der Waals surface area contributed by atoms with Gasteiger partial charge in [0.2, 0.25) is 5.91 Å². The van der Waals surface area contributed by atoms with Crippen LogP contribution >= 0.6 is 0 Å². The number of rotatable bonds is 7. The van der Waals surface area contributed by atoms with Gasteiger partial charge >= 0.3 is 0 Å². The lowest BCUT2D eigenvalue weighted by Gasteiger charge is -2.59. The maximum Gasteiger partial charge on any atom is 0.238 e. The lowest BCUT2D eigenvalue weighted by Crippen LogP contribution is -2.55. The minimum absolute atomic E-state index is 0.0434. The number of carbonyl (C=O) groups excluding carboxylic acids is 1. The molecule has 0 aliphatic heterocycles. The molecule has 0 aromatic heterocycles. The highest BCUT2D eigenvalue weighted by atomic mass is 16.5. The van der Waals surface area contributed by atoms with Gasteiger partial charge in [-0.1, -0.05) is 0 Å². The van der Waals surface area contributed by atoms with Crippen molar-refractivity contribution in [2.24, 2.45) is 23.2 Å². The summed E-state index contributed by atoms with van der Waals surface area (Å²) in [5, 5.41) is 6.50. The molecule has 4 bridgehead atoms. The highest BCUT2D eigenvalue weighted by Crippen LogP contribution is 2.61. The minimum atomic E-state index is -0.0434. The molecule has 0 heterocycles. The molecule has 0 radical (unpaired) electrons. The van der Waals surface area contributed by atoms with E-state index in [1.165, 1.54) is 38.5 Å². The van der Waals surface area contributed by atoms with Crippen LogP contribution in [0.2, 0.25) is 0 Å². The Kier molecular flexibility index (Phi) is 5.06. The van der Waals surface area contributed by atoms with Gasteiger partial charge in [-0.15, -0.1) is 0 Å². The van der Waals surface area contributed by atoms with Crippen LogP contribution < -0.4 is 20.1 Å². The van der Waals surface area contributed by atoms with Gasteiger partial charge < -0.3 is 20.1 Å². The predicted octanol–water partition coefficient (Wildman–Crippen LogP) is 3.84. The van der Waals surface area contributed by atoms with Gasteiger partial charge in [0, 0.05) is 12.1 Å². The number of anilines is 1. The van der Waals surface area contributed by atoms with Crippen molar-refractivity contribution < 1.29 is 14.3 Å². The second kappa shape index (κ2) is 7.34. The molecule has 0 saturated heterocycles. The van der Waals surface area contributed by atoms with Gasteiger partial charge in [-0.2, -0.15) is 0 Å². The van der Waals surface area contributed by atoms with Crippen molar-refractivity contribution in [2.75, 3.05) is 26.1 Å². The van der Waals surface area contributed by atoms with Crippen molar-refractivity contribution in [3.63, 3.8) is 0 Å². The lowest BCUT2D eigenvalue weighted by molar-refractivity contribution is -0.116. The first-order valence-corrected chi connectivity index (χ1v) is 10.3. The molecule has 148 valence electrons. The molecule has 4 aliphatic carbocycles. The highest BCUT2D eigenvalue weighted by molar-refractivity contribution is 5.94. The van der Waals surface area contributed by atoms with E-state index in [1.54, 1.807) is 26.4 Å². The standard InChI is InChI=1S/C22H32N2O3/c1-14(22-10-15-6-16(11-22)8-17(7-15)12-22)23-13-21(25)24-19-9-18(26-2)4-5-20(19)27-3/h4-5,9,14-17,23H,6-8,10-13H2,1-3H3,(H,24,25)/t14-,15?,16?,17?,22?/m0/s1. The van der Waals surface area contributed by atoms with E-state index < -0.39 is 0 Å². The molecule has 4 fully saturated rings. The molecule has 5 heteroatoms. The number of benzene rings is 1. The zero-order valence-electron chi connectivity index (χ0n) is 16.7. The first-order valence-electron chi connectivity index (χ1n) is 10.3. The largest absolute Gasteiger partial charge is 0.497 e. The third-order valence-corrected chi connectivity index (χ3v) is 7.25. The molecule has 0 unspecified atom stereocenters. The molecule has 4 saturated carbocycles. The van der Waals surface area contributed by atoms with Gasteiger partial charge in [-0.05, 0) is 80.8 Å². The van der Waals surface area contributed by atoms with Gasteiger partial charge in [-0.3, -0.25) is 4.79 Å². The Morgan fingerprint density at radius 3 is 2.30 bits per heavy atom. The number of ether oxygens (including phenoxy) is 2. The molecule has 2 N–H and O–H groups in total. The molecule has 1 aromatic carbocycles. The third-order valence-electron chi connectivity index (χ3n) is 7.25. The Labute approximate surface area is 162 Å². The number of hydrogen-bond donors (Lipinski definition) is 2. The molecule has 1 atom stereocenters. The Bertz CT molecular complexity index is 668. The fourth-order valence-electron chi connectivity index (χ4n) is 6.28. The summed E-state index contributed by atoms with van der Waals surface area (Å²) in [7, 11) is 3.22. The number of methoxy groups -OCH3 is 2. The average molecular weight is 373 g/mol. The van der Waals surface area contributed by atoms with Crippen molar-refractivity contribution in [1.82, 2.24) is 5.32 Å². The fourth-order valence-corrected chi connectivity index (χ4v) is 6.28. The molecule has 0 spiro atoms. The van der Waals surface area contributed by atoms with E-state index in [-0.39, 0.29) is 5.91 Å². The minimum Gasteiger partial charge on any atom is -0.497 e. The summed E-state index contributed by atoms with van der Waals surface area (Å²) < 4.78 is 10.6. The van der Waals surface area contributed by atoms with Crippen LogP contribution in [0, 0.1) is 23.2 Å². The van der Waals surface area contributed by atoms with Crippen molar-refractivity contribution >= 4 is 11.6 Å². The van der Waals surface area contributed by atoms with Crippen LogP contribution in [0.25, 0.3) is 0 Å². The van der Waals surface area contributed by atoms with E-state index in [0.717, 1.165) is 17.8 Å². The SMILES string of the molecule is COc1ccc(OC)c(NC(=O)CN[C@@H](C)C23CC4CC(CC(C4)C2)C3)c1. The van der Waals surface area contributed by atoms with Gasteiger partial charge in [0.1, 0.15) is 11.5 Å². The Morgan fingerprint density at radius 1 is 1.11 bits per heavy atom. The van der Waals surface area contributed by atoms with Gasteiger partial charge in [0.25, 0.3) is 0 Å². The highest BCUT2D eigenvalue weighted by Gasteiger charge is 2.52. The molecule has 5 nitrogen and oxygen atoms in total. The molecular weight excluding hydrogens is 340 g/mol. The summed E-state index contributed by atoms with van der Waals surface area (Å²) in [4.78, 5) is 12.5. The van der Waals surface area contributed by atoms with Crippen molar-refractivity contribution in [3.8, 4) is 11.5 Å². The second-order valence-electron chi connectivity index (χ2n) is 9.00. The van der Waals surface area contributed by atoms with Crippen LogP contribution in [0.3, 0.4) is 0 Å². The molecule has 1 amide bonds. The molecule has 4 aliphatic rings. The van der Waals surface area contributed by atoms with Crippen molar-refractivity contribution in [1.29, 1.82) is 0 Å².